The zero-order valence-corrected chi connectivity index (χ0v) is 20.7. The molecule has 7 rings (SSSR count). The predicted molar refractivity (Wildman–Crippen MR) is 137 cm³/mol. The molecule has 2 aliphatic heterocycles. The summed E-state index contributed by atoms with van der Waals surface area (Å²) < 4.78 is 0. The number of rotatable bonds is 6. The number of fused-ring (bicyclic) bond motifs is 1. The van der Waals surface area contributed by atoms with Crippen molar-refractivity contribution in [3.05, 3.63) is 60.1 Å². The molecule has 0 spiro atoms. The lowest BCUT2D eigenvalue weighted by atomic mass is 10.1. The van der Waals surface area contributed by atoms with E-state index in [9.17, 15) is 9.90 Å². The summed E-state index contributed by atoms with van der Waals surface area (Å²) >= 11 is 0. The van der Waals surface area contributed by atoms with Crippen molar-refractivity contribution in [2.45, 2.75) is 44.2 Å². The molecule has 0 aromatic carbocycles. The van der Waals surface area contributed by atoms with Gasteiger partial charge in [0, 0.05) is 55.6 Å². The van der Waals surface area contributed by atoms with Gasteiger partial charge in [0.2, 0.25) is 5.91 Å². The molecule has 2 saturated carbocycles. The SMILES string of the molecule is Cc1ccnc(C2CC2C(=O)Nc2cc(N3C[C@@H](O)C[C@@H]3c3ccc(N4CC5CC5C4)nc3)ncn2)n1. The number of aliphatic hydroxyl groups is 1. The third-order valence-corrected chi connectivity index (χ3v) is 8.21. The molecule has 6 atom stereocenters. The third-order valence-electron chi connectivity index (χ3n) is 8.21. The number of nitrogens with zero attached hydrogens (tertiary/aromatic N) is 7. The lowest BCUT2D eigenvalue weighted by Gasteiger charge is -2.26. The number of carbonyl (C=O) groups excluding carboxylic acids is 1. The van der Waals surface area contributed by atoms with E-state index in [1.165, 1.54) is 12.7 Å². The summed E-state index contributed by atoms with van der Waals surface area (Å²) in [5.74, 6) is 4.39. The number of nitrogens with one attached hydrogen (secondary N) is 1. The van der Waals surface area contributed by atoms with Crippen molar-refractivity contribution in [1.82, 2.24) is 24.9 Å². The molecule has 4 fully saturated rings. The number of aryl methyl sites for hydroxylation is 1. The molecule has 10 nitrogen and oxygen atoms in total. The Balaban J connectivity index is 1.04. The highest BCUT2D eigenvalue weighted by Crippen LogP contribution is 2.47. The van der Waals surface area contributed by atoms with Crippen molar-refractivity contribution in [3.8, 4) is 0 Å². The van der Waals surface area contributed by atoms with Crippen LogP contribution in [0.2, 0.25) is 0 Å². The Labute approximate surface area is 215 Å². The Kier molecular flexibility index (Phi) is 5.31. The molecule has 2 saturated heterocycles. The predicted octanol–water partition coefficient (Wildman–Crippen LogP) is 2.48. The second-order valence-electron chi connectivity index (χ2n) is 10.9. The van der Waals surface area contributed by atoms with E-state index >= 15 is 0 Å². The smallest absolute Gasteiger partial charge is 0.229 e. The molecular weight excluding hydrogens is 468 g/mol. The summed E-state index contributed by atoms with van der Waals surface area (Å²) in [4.78, 5) is 39.6. The minimum Gasteiger partial charge on any atom is -0.391 e. The number of aromatic nitrogens is 5. The quantitative estimate of drug-likeness (QED) is 0.528. The molecule has 3 aromatic rings. The molecule has 190 valence electrons. The van der Waals surface area contributed by atoms with Crippen molar-refractivity contribution >= 4 is 23.4 Å². The van der Waals surface area contributed by atoms with Gasteiger partial charge in [-0.25, -0.2) is 24.9 Å². The van der Waals surface area contributed by atoms with Gasteiger partial charge in [-0.15, -0.1) is 0 Å². The van der Waals surface area contributed by atoms with Gasteiger partial charge in [-0.1, -0.05) is 6.07 Å². The van der Waals surface area contributed by atoms with Crippen molar-refractivity contribution < 1.29 is 9.90 Å². The second-order valence-corrected chi connectivity index (χ2v) is 10.9. The molecule has 3 aromatic heterocycles. The molecule has 0 radical (unpaired) electrons. The molecule has 1 amide bonds. The van der Waals surface area contributed by atoms with Gasteiger partial charge in [0.1, 0.15) is 29.6 Å². The van der Waals surface area contributed by atoms with E-state index < -0.39 is 6.10 Å². The molecule has 37 heavy (non-hydrogen) atoms. The highest BCUT2D eigenvalue weighted by molar-refractivity contribution is 5.94. The monoisotopic (exact) mass is 498 g/mol. The summed E-state index contributed by atoms with van der Waals surface area (Å²) in [6, 6.07) is 7.80. The largest absolute Gasteiger partial charge is 0.391 e. The average molecular weight is 499 g/mol. The van der Waals surface area contributed by atoms with Crippen LogP contribution in [0.5, 0.6) is 0 Å². The molecule has 2 N–H and O–H groups in total. The summed E-state index contributed by atoms with van der Waals surface area (Å²) in [7, 11) is 0. The van der Waals surface area contributed by atoms with Crippen molar-refractivity contribution in [3.63, 3.8) is 0 Å². The van der Waals surface area contributed by atoms with Crippen LogP contribution in [0.1, 0.15) is 48.3 Å². The van der Waals surface area contributed by atoms with E-state index in [0.29, 0.717) is 24.6 Å². The van der Waals surface area contributed by atoms with Gasteiger partial charge >= 0.3 is 0 Å². The number of β-amino-alcohol motifs (C(OH)–C–C–N with tert-alkyl or cyclic N) is 1. The number of hydrogen-bond donors (Lipinski definition) is 2. The molecule has 4 unspecified atom stereocenters. The maximum atomic E-state index is 12.9. The normalized spacial score (nSPS) is 29.8. The van der Waals surface area contributed by atoms with Crippen molar-refractivity contribution in [2.75, 3.05) is 34.8 Å². The number of aliphatic hydroxyl groups excluding tert-OH is 1. The van der Waals surface area contributed by atoms with Crippen LogP contribution < -0.4 is 15.1 Å². The minimum atomic E-state index is -0.468. The molecule has 2 aliphatic carbocycles. The van der Waals surface area contributed by atoms with Crippen LogP contribution in [0.4, 0.5) is 17.5 Å². The topological polar surface area (TPSA) is 120 Å². The van der Waals surface area contributed by atoms with Crippen LogP contribution in [-0.4, -0.2) is 61.7 Å². The standard InChI is InChI=1S/C27H30N8O2/c1-15-4-5-28-26(32-15)20-8-21(20)27(37)33-23-9-25(31-14-30-23)35-13-19(36)7-22(35)16-2-3-24(29-10-16)34-11-17-6-18(17)12-34/h2-5,9-10,14,17-22,36H,6-8,11-13H2,1H3,(H,30,31,33,37)/t17?,18?,19-,20?,21?,22+/m0/s1. The highest BCUT2D eigenvalue weighted by Gasteiger charge is 2.47. The summed E-state index contributed by atoms with van der Waals surface area (Å²) in [5, 5.41) is 13.5. The fourth-order valence-electron chi connectivity index (χ4n) is 5.96. The first-order valence-corrected chi connectivity index (χ1v) is 13.1. The van der Waals surface area contributed by atoms with Crippen LogP contribution in [0.15, 0.2) is 43.0 Å². The van der Waals surface area contributed by atoms with Crippen molar-refractivity contribution in [2.24, 2.45) is 17.8 Å². The molecule has 0 bridgehead atoms. The van der Waals surface area contributed by atoms with E-state index in [1.54, 1.807) is 12.3 Å². The van der Waals surface area contributed by atoms with Gasteiger partial charge in [-0.05, 0) is 55.7 Å². The Morgan fingerprint density at radius 1 is 1.00 bits per heavy atom. The van der Waals surface area contributed by atoms with Crippen molar-refractivity contribution in [1.29, 1.82) is 0 Å². The number of hydrogen-bond acceptors (Lipinski definition) is 9. The first-order chi connectivity index (χ1) is 18.0. The Hall–Kier alpha value is -3.66. The molecule has 10 heteroatoms. The van der Waals surface area contributed by atoms with Gasteiger partial charge in [0.15, 0.2) is 0 Å². The number of amides is 1. The lowest BCUT2D eigenvalue weighted by Crippen LogP contribution is -2.26. The van der Waals surface area contributed by atoms with E-state index in [-0.39, 0.29) is 23.8 Å². The lowest BCUT2D eigenvalue weighted by molar-refractivity contribution is -0.117. The summed E-state index contributed by atoms with van der Waals surface area (Å²) in [6.07, 6.45) is 7.36. The maximum absolute atomic E-state index is 12.9. The van der Waals surface area contributed by atoms with Crippen LogP contribution >= 0.6 is 0 Å². The molecule has 5 heterocycles. The molecular formula is C27H30N8O2. The van der Waals surface area contributed by atoms with E-state index in [4.69, 9.17) is 4.98 Å². The maximum Gasteiger partial charge on any atom is 0.229 e. The first-order valence-electron chi connectivity index (χ1n) is 13.1. The first kappa shape index (κ1) is 22.5. The number of carbonyl (C=O) groups is 1. The Morgan fingerprint density at radius 2 is 1.86 bits per heavy atom. The van der Waals surface area contributed by atoms with Gasteiger partial charge < -0.3 is 20.2 Å². The third kappa shape index (κ3) is 4.39. The zero-order chi connectivity index (χ0) is 25.1. The highest BCUT2D eigenvalue weighted by atomic mass is 16.3. The van der Waals surface area contributed by atoms with E-state index in [2.05, 4.69) is 47.2 Å². The van der Waals surface area contributed by atoms with Crippen LogP contribution in [-0.2, 0) is 4.79 Å². The van der Waals surface area contributed by atoms with Gasteiger partial charge in [-0.3, -0.25) is 4.79 Å². The summed E-state index contributed by atoms with van der Waals surface area (Å²) in [5.41, 5.74) is 1.95. The molecule has 4 aliphatic rings. The van der Waals surface area contributed by atoms with Gasteiger partial charge in [-0.2, -0.15) is 0 Å². The second kappa shape index (κ2) is 8.72. The zero-order valence-electron chi connectivity index (χ0n) is 20.7. The van der Waals surface area contributed by atoms with E-state index in [0.717, 1.165) is 54.2 Å². The average Bonchev–Trinajstić information content (AvgIpc) is 3.79. The van der Waals surface area contributed by atoms with E-state index in [1.807, 2.05) is 19.2 Å². The number of anilines is 3. The van der Waals surface area contributed by atoms with Gasteiger partial charge in [0.25, 0.3) is 0 Å². The number of piperidine rings is 1. The van der Waals surface area contributed by atoms with Crippen LogP contribution in [0.3, 0.4) is 0 Å². The fourth-order valence-corrected chi connectivity index (χ4v) is 5.96. The van der Waals surface area contributed by atoms with Crippen LogP contribution in [0.25, 0.3) is 0 Å². The number of pyridine rings is 1. The Bertz CT molecular complexity index is 1320. The van der Waals surface area contributed by atoms with Gasteiger partial charge in [0.05, 0.1) is 12.1 Å². The Morgan fingerprint density at radius 3 is 2.65 bits per heavy atom. The fraction of sp³-hybridized carbons (Fsp3) is 0.481. The minimum absolute atomic E-state index is 0.0427. The van der Waals surface area contributed by atoms with Crippen LogP contribution in [0, 0.1) is 24.7 Å². The summed E-state index contributed by atoms with van der Waals surface area (Å²) in [6.45, 7) is 4.61.